The van der Waals surface area contributed by atoms with Crippen molar-refractivity contribution in [3.8, 4) is 0 Å². The van der Waals surface area contributed by atoms with Crippen LogP contribution < -0.4 is 0 Å². The molecule has 0 aromatic carbocycles. The highest BCUT2D eigenvalue weighted by molar-refractivity contribution is 8.68. The van der Waals surface area contributed by atoms with E-state index in [-0.39, 0.29) is 12.1 Å². The molecule has 7 heteroatoms. The number of likely N-dealkylation sites (tertiary alicyclic amines) is 3. The third kappa shape index (κ3) is 2.57. The molecule has 0 spiro atoms. The van der Waals surface area contributed by atoms with Gasteiger partial charge >= 0.3 is 6.03 Å². The summed E-state index contributed by atoms with van der Waals surface area (Å²) in [5, 5.41) is 0. The van der Waals surface area contributed by atoms with Gasteiger partial charge in [-0.1, -0.05) is 10.8 Å². The summed E-state index contributed by atoms with van der Waals surface area (Å²) in [5.41, 5.74) is 0. The van der Waals surface area contributed by atoms with Crippen LogP contribution in [0.15, 0.2) is 0 Å². The Balaban J connectivity index is 1.55. The van der Waals surface area contributed by atoms with Gasteiger partial charge in [0.05, 0.1) is 12.0 Å². The van der Waals surface area contributed by atoms with Crippen molar-refractivity contribution in [2.75, 3.05) is 39.2 Å². The first kappa shape index (κ1) is 13.9. The predicted molar refractivity (Wildman–Crippen MR) is 79.4 cm³/mol. The van der Waals surface area contributed by atoms with Crippen LogP contribution in [0.4, 0.5) is 4.79 Å². The normalized spacial score (nSPS) is 34.5. The number of carbonyl (C=O) groups is 1. The lowest BCUT2D eigenvalue weighted by atomic mass is 9.88. The zero-order valence-electron chi connectivity index (χ0n) is 11.2. The molecular weight excluding hydrogens is 282 g/mol. The van der Waals surface area contributed by atoms with Crippen LogP contribution in [-0.4, -0.2) is 78.1 Å². The van der Waals surface area contributed by atoms with E-state index in [1.54, 1.807) is 17.9 Å². The molecule has 108 valence electrons. The molecule has 0 saturated carbocycles. The second-order valence-corrected chi connectivity index (χ2v) is 6.91. The van der Waals surface area contributed by atoms with Crippen LogP contribution in [-0.2, 0) is 4.74 Å². The van der Waals surface area contributed by atoms with Crippen LogP contribution in [0.25, 0.3) is 0 Å². The summed E-state index contributed by atoms with van der Waals surface area (Å²) < 4.78 is 5.33. The lowest BCUT2D eigenvalue weighted by molar-refractivity contribution is -0.0386. The number of hydrogen-bond donors (Lipinski definition) is 1. The van der Waals surface area contributed by atoms with Crippen molar-refractivity contribution in [2.24, 2.45) is 0 Å². The molecule has 5 nitrogen and oxygen atoms in total. The van der Waals surface area contributed by atoms with Gasteiger partial charge in [0.15, 0.2) is 0 Å². The molecule has 0 N–H and O–H groups in total. The summed E-state index contributed by atoms with van der Waals surface area (Å²) in [7, 11) is 3.29. The standard InChI is InChI=1S/C12H21N3O2S2/c1-17-11-2-3-14(7-11)12(16)15-9-4-10(15)6-13(5-9)8-19-18/h9-11,18H,2-8H2,1H3. The van der Waals surface area contributed by atoms with Crippen LogP contribution in [0.5, 0.6) is 0 Å². The van der Waals surface area contributed by atoms with Gasteiger partial charge in [-0.25, -0.2) is 4.79 Å². The molecule has 3 fully saturated rings. The van der Waals surface area contributed by atoms with Gasteiger partial charge < -0.3 is 14.5 Å². The third-order valence-electron chi connectivity index (χ3n) is 4.48. The molecule has 19 heavy (non-hydrogen) atoms. The Bertz CT molecular complexity index is 346. The Morgan fingerprint density at radius 2 is 2.11 bits per heavy atom. The highest BCUT2D eigenvalue weighted by Gasteiger charge is 2.48. The van der Waals surface area contributed by atoms with E-state index in [4.69, 9.17) is 4.74 Å². The Kier molecular flexibility index (Phi) is 4.17. The van der Waals surface area contributed by atoms with Crippen LogP contribution >= 0.6 is 22.5 Å². The number of rotatable bonds is 3. The predicted octanol–water partition coefficient (Wildman–Crippen LogP) is 1.12. The summed E-state index contributed by atoms with van der Waals surface area (Å²) in [5.74, 6) is 0.952. The Morgan fingerprint density at radius 1 is 1.37 bits per heavy atom. The Labute approximate surface area is 123 Å². The highest BCUT2D eigenvalue weighted by Crippen LogP contribution is 2.34. The maximum absolute atomic E-state index is 12.5. The number of piperazine rings is 1. The molecule has 2 amide bonds. The van der Waals surface area contributed by atoms with Gasteiger partial charge in [-0.3, -0.25) is 4.90 Å². The maximum atomic E-state index is 12.5. The van der Waals surface area contributed by atoms with Crippen LogP contribution in [0.3, 0.4) is 0 Å². The number of nitrogens with zero attached hydrogens (tertiary/aromatic N) is 3. The molecule has 3 aliphatic rings. The largest absolute Gasteiger partial charge is 0.380 e. The van der Waals surface area contributed by atoms with Gasteiger partial charge in [-0.15, -0.1) is 11.7 Å². The minimum atomic E-state index is 0.221. The summed E-state index contributed by atoms with van der Waals surface area (Å²) in [6.45, 7) is 3.58. The fourth-order valence-corrected chi connectivity index (χ4v) is 4.32. The van der Waals surface area contributed by atoms with Gasteiger partial charge in [0.1, 0.15) is 0 Å². The van der Waals surface area contributed by atoms with Crippen molar-refractivity contribution in [3.05, 3.63) is 0 Å². The molecule has 3 unspecified atom stereocenters. The van der Waals surface area contributed by atoms with E-state index in [2.05, 4.69) is 21.5 Å². The fraction of sp³-hybridized carbons (Fsp3) is 0.917. The van der Waals surface area contributed by atoms with Gasteiger partial charge in [0.25, 0.3) is 0 Å². The van der Waals surface area contributed by atoms with E-state index in [9.17, 15) is 4.79 Å². The Morgan fingerprint density at radius 3 is 2.68 bits per heavy atom. The van der Waals surface area contributed by atoms with Crippen molar-refractivity contribution in [1.29, 1.82) is 0 Å². The van der Waals surface area contributed by atoms with Crippen molar-refractivity contribution in [2.45, 2.75) is 31.0 Å². The summed E-state index contributed by atoms with van der Waals surface area (Å²) in [4.78, 5) is 19.0. The molecular formula is C12H21N3O2S2. The zero-order chi connectivity index (χ0) is 13.4. The maximum Gasteiger partial charge on any atom is 0.320 e. The molecule has 3 saturated heterocycles. The van der Waals surface area contributed by atoms with Gasteiger partial charge in [0, 0.05) is 45.4 Å². The Hall–Kier alpha value is -0.110. The summed E-state index contributed by atoms with van der Waals surface area (Å²) in [6.07, 6.45) is 2.36. The van der Waals surface area contributed by atoms with E-state index in [0.29, 0.717) is 12.1 Å². The quantitative estimate of drug-likeness (QED) is 0.626. The van der Waals surface area contributed by atoms with Crippen molar-refractivity contribution in [1.82, 2.24) is 14.7 Å². The van der Waals surface area contributed by atoms with E-state index in [0.717, 1.165) is 38.5 Å². The van der Waals surface area contributed by atoms with Crippen molar-refractivity contribution < 1.29 is 9.53 Å². The molecule has 3 aliphatic heterocycles. The van der Waals surface area contributed by atoms with Gasteiger partial charge in [0.2, 0.25) is 0 Å². The second-order valence-electron chi connectivity index (χ2n) is 5.62. The molecule has 3 heterocycles. The number of carbonyl (C=O) groups excluding carboxylic acids is 1. The highest BCUT2D eigenvalue weighted by atomic mass is 33.1. The van der Waals surface area contributed by atoms with E-state index < -0.39 is 0 Å². The summed E-state index contributed by atoms with van der Waals surface area (Å²) >= 11 is 4.20. The molecule has 0 radical (unpaired) electrons. The van der Waals surface area contributed by atoms with Crippen molar-refractivity contribution in [3.63, 3.8) is 0 Å². The van der Waals surface area contributed by atoms with Crippen LogP contribution in [0.2, 0.25) is 0 Å². The number of ether oxygens (including phenoxy) is 1. The minimum Gasteiger partial charge on any atom is -0.380 e. The molecule has 3 atom stereocenters. The summed E-state index contributed by atoms with van der Waals surface area (Å²) in [6, 6.07) is 1.04. The SMILES string of the molecule is COC1CCN(C(=O)N2C3CC2CN(CSS)C3)C1. The lowest BCUT2D eigenvalue weighted by Gasteiger charge is -2.56. The first-order valence-electron chi connectivity index (χ1n) is 6.81. The van der Waals surface area contributed by atoms with Crippen LogP contribution in [0, 0.1) is 0 Å². The lowest BCUT2D eigenvalue weighted by Crippen LogP contribution is -2.71. The number of fused-ring (bicyclic) bond motifs is 2. The smallest absolute Gasteiger partial charge is 0.320 e. The number of piperidine rings is 1. The number of hydrogen-bond acceptors (Lipinski definition) is 5. The van der Waals surface area contributed by atoms with Gasteiger partial charge in [-0.05, 0) is 12.8 Å². The number of thiol groups is 1. The second kappa shape index (κ2) is 5.71. The van der Waals surface area contributed by atoms with E-state index in [1.165, 1.54) is 6.42 Å². The third-order valence-corrected chi connectivity index (χ3v) is 5.31. The van der Waals surface area contributed by atoms with E-state index in [1.807, 2.05) is 4.90 Å². The molecule has 3 rings (SSSR count). The first-order chi connectivity index (χ1) is 9.22. The average Bonchev–Trinajstić information content (AvgIpc) is 2.88. The number of amides is 2. The topological polar surface area (TPSA) is 36.0 Å². The molecule has 0 aromatic rings. The molecule has 0 aromatic heterocycles. The van der Waals surface area contributed by atoms with E-state index >= 15 is 0 Å². The van der Waals surface area contributed by atoms with Crippen LogP contribution in [0.1, 0.15) is 12.8 Å². The minimum absolute atomic E-state index is 0.221. The van der Waals surface area contributed by atoms with Crippen molar-refractivity contribution >= 4 is 28.5 Å². The monoisotopic (exact) mass is 303 g/mol. The number of urea groups is 1. The zero-order valence-corrected chi connectivity index (χ0v) is 12.9. The molecule has 0 aliphatic carbocycles. The fourth-order valence-electron chi connectivity index (χ4n) is 3.45. The van der Waals surface area contributed by atoms with Gasteiger partial charge in [-0.2, -0.15) is 0 Å². The number of methoxy groups -OCH3 is 1. The molecule has 2 bridgehead atoms. The first-order valence-corrected chi connectivity index (χ1v) is 8.85. The average molecular weight is 303 g/mol.